The summed E-state index contributed by atoms with van der Waals surface area (Å²) in [4.78, 5) is 28.0. The van der Waals surface area contributed by atoms with Crippen LogP contribution in [0.4, 0.5) is 8.78 Å². The maximum atomic E-state index is 14.0. The molecule has 7 rings (SSSR count). The highest BCUT2D eigenvalue weighted by molar-refractivity contribution is 9.10. The molecule has 0 fully saturated rings. The van der Waals surface area contributed by atoms with E-state index >= 15 is 0 Å². The van der Waals surface area contributed by atoms with Crippen molar-refractivity contribution < 1.29 is 18.4 Å². The molecule has 224 valence electrons. The first-order valence-corrected chi connectivity index (χ1v) is 14.7. The SMILES string of the molecule is O=C1c2cccc3c(Br)ccc(c23)C(=O)N1N(Cc1cn(Cc2ccc(F)cc2)nn1)Cc1cn(Cc2ccc(F)cc2)nn1. The Balaban J connectivity index is 1.20. The summed E-state index contributed by atoms with van der Waals surface area (Å²) in [6.45, 7) is 0.814. The molecule has 1 aliphatic heterocycles. The molecule has 2 amide bonds. The van der Waals surface area contributed by atoms with Crippen LogP contribution in [0.2, 0.25) is 0 Å². The predicted octanol–water partition coefficient (Wildman–Crippen LogP) is 5.37. The molecule has 0 unspecified atom stereocenters. The van der Waals surface area contributed by atoms with Crippen molar-refractivity contribution in [2.24, 2.45) is 0 Å². The number of nitrogens with zero attached hydrogens (tertiary/aromatic N) is 8. The summed E-state index contributed by atoms with van der Waals surface area (Å²) in [5.74, 6) is -1.62. The molecule has 10 nitrogen and oxygen atoms in total. The van der Waals surface area contributed by atoms with Crippen LogP contribution in [-0.2, 0) is 26.2 Å². The summed E-state index contributed by atoms with van der Waals surface area (Å²) in [5.41, 5.74) is 3.45. The summed E-state index contributed by atoms with van der Waals surface area (Å²) in [6.07, 6.45) is 3.43. The zero-order valence-corrected chi connectivity index (χ0v) is 25.1. The summed E-state index contributed by atoms with van der Waals surface area (Å²) < 4.78 is 30.7. The molecule has 0 aliphatic carbocycles. The molecule has 0 atom stereocenters. The Morgan fingerprint density at radius 1 is 0.667 bits per heavy atom. The van der Waals surface area contributed by atoms with Gasteiger partial charge in [0.15, 0.2) is 0 Å². The van der Waals surface area contributed by atoms with E-state index in [2.05, 4.69) is 36.6 Å². The van der Waals surface area contributed by atoms with Crippen LogP contribution in [0.15, 0.2) is 95.7 Å². The molecule has 0 radical (unpaired) electrons. The van der Waals surface area contributed by atoms with Gasteiger partial charge in [-0.2, -0.15) is 5.01 Å². The van der Waals surface area contributed by atoms with Crippen LogP contribution in [-0.4, -0.2) is 51.8 Å². The van der Waals surface area contributed by atoms with Gasteiger partial charge < -0.3 is 0 Å². The van der Waals surface area contributed by atoms with Gasteiger partial charge in [0.2, 0.25) is 0 Å². The second kappa shape index (κ2) is 11.7. The fraction of sp³-hybridized carbons (Fsp3) is 0.125. The summed E-state index contributed by atoms with van der Waals surface area (Å²) >= 11 is 3.53. The lowest BCUT2D eigenvalue weighted by molar-refractivity contribution is -0.0130. The summed E-state index contributed by atoms with van der Waals surface area (Å²) in [5, 5.41) is 21.1. The zero-order chi connectivity index (χ0) is 31.1. The normalized spacial score (nSPS) is 12.9. The lowest BCUT2D eigenvalue weighted by Crippen LogP contribution is -2.51. The molecule has 3 heterocycles. The van der Waals surface area contributed by atoms with E-state index < -0.39 is 11.8 Å². The van der Waals surface area contributed by atoms with Crippen molar-refractivity contribution in [3.63, 3.8) is 0 Å². The Morgan fingerprint density at radius 2 is 1.18 bits per heavy atom. The lowest BCUT2D eigenvalue weighted by atomic mass is 9.95. The predicted molar refractivity (Wildman–Crippen MR) is 162 cm³/mol. The standard InChI is InChI=1S/C32H23BrF2N8O2/c33-29-13-12-28-30-26(29)2-1-3-27(30)31(44)43(32(28)45)42(18-24-16-40(38-36-24)14-20-4-8-22(34)9-5-20)19-25-17-41(39-37-25)15-21-6-10-23(35)11-7-21/h1-13,16-17H,14-15,18-19H2. The Hall–Kier alpha value is -5.14. The smallest absolute Gasteiger partial charge is 0.267 e. The van der Waals surface area contributed by atoms with E-state index in [-0.39, 0.29) is 24.7 Å². The Kier molecular flexibility index (Phi) is 7.47. The third-order valence-corrected chi connectivity index (χ3v) is 8.18. The maximum absolute atomic E-state index is 14.0. The van der Waals surface area contributed by atoms with Crippen LogP contribution in [0.3, 0.4) is 0 Å². The average Bonchev–Trinajstić information content (AvgIpc) is 3.67. The third kappa shape index (κ3) is 5.75. The zero-order valence-electron chi connectivity index (χ0n) is 23.5. The van der Waals surface area contributed by atoms with Gasteiger partial charge >= 0.3 is 0 Å². The van der Waals surface area contributed by atoms with E-state index in [0.717, 1.165) is 26.0 Å². The van der Waals surface area contributed by atoms with Crippen molar-refractivity contribution in [2.45, 2.75) is 26.2 Å². The number of aromatic nitrogens is 6. The van der Waals surface area contributed by atoms with E-state index in [1.165, 1.54) is 24.3 Å². The van der Waals surface area contributed by atoms with Crippen molar-refractivity contribution in [1.29, 1.82) is 0 Å². The topological polar surface area (TPSA) is 102 Å². The molecule has 6 aromatic rings. The largest absolute Gasteiger partial charge is 0.276 e. The van der Waals surface area contributed by atoms with Crippen LogP contribution >= 0.6 is 15.9 Å². The van der Waals surface area contributed by atoms with E-state index in [0.29, 0.717) is 41.0 Å². The number of carbonyl (C=O) groups is 2. The van der Waals surface area contributed by atoms with Gasteiger partial charge in [-0.3, -0.25) is 9.59 Å². The Labute approximate surface area is 263 Å². The highest BCUT2D eigenvalue weighted by Gasteiger charge is 2.38. The second-order valence-electron chi connectivity index (χ2n) is 10.6. The number of hydrogen-bond donors (Lipinski definition) is 0. The minimum atomic E-state index is -0.478. The minimum Gasteiger partial charge on any atom is -0.267 e. The molecule has 2 aromatic heterocycles. The Bertz CT molecular complexity index is 1950. The first-order chi connectivity index (χ1) is 21.8. The van der Waals surface area contributed by atoms with Gasteiger partial charge in [0.25, 0.3) is 11.8 Å². The number of hydrazine groups is 1. The number of carbonyl (C=O) groups excluding carboxylic acids is 2. The van der Waals surface area contributed by atoms with E-state index in [1.54, 1.807) is 75.3 Å². The molecule has 13 heteroatoms. The molecular weight excluding hydrogens is 646 g/mol. The van der Waals surface area contributed by atoms with Crippen molar-refractivity contribution in [1.82, 2.24) is 40.0 Å². The van der Waals surface area contributed by atoms with Crippen molar-refractivity contribution in [2.75, 3.05) is 0 Å². The number of hydrogen-bond acceptors (Lipinski definition) is 7. The number of rotatable bonds is 9. The number of benzene rings is 4. The van der Waals surface area contributed by atoms with E-state index in [4.69, 9.17) is 0 Å². The lowest BCUT2D eigenvalue weighted by Gasteiger charge is -2.35. The molecule has 45 heavy (non-hydrogen) atoms. The molecule has 1 aliphatic rings. The van der Waals surface area contributed by atoms with Crippen molar-refractivity contribution in [3.05, 3.63) is 141 Å². The number of amides is 2. The van der Waals surface area contributed by atoms with Crippen LogP contribution in [0.1, 0.15) is 43.2 Å². The number of halogens is 3. The van der Waals surface area contributed by atoms with Crippen molar-refractivity contribution in [3.8, 4) is 0 Å². The highest BCUT2D eigenvalue weighted by Crippen LogP contribution is 2.35. The van der Waals surface area contributed by atoms with Gasteiger partial charge in [0.1, 0.15) is 11.6 Å². The van der Waals surface area contributed by atoms with Gasteiger partial charge in [0, 0.05) is 9.86 Å². The fourth-order valence-corrected chi connectivity index (χ4v) is 5.87. The monoisotopic (exact) mass is 668 g/mol. The molecule has 0 saturated heterocycles. The Morgan fingerprint density at radius 3 is 1.71 bits per heavy atom. The van der Waals surface area contributed by atoms with E-state index in [9.17, 15) is 18.4 Å². The van der Waals surface area contributed by atoms with Gasteiger partial charge in [0.05, 0.1) is 61.1 Å². The van der Waals surface area contributed by atoms with Gasteiger partial charge in [-0.05, 0) is 59.0 Å². The third-order valence-electron chi connectivity index (χ3n) is 7.49. The quantitative estimate of drug-likeness (QED) is 0.191. The van der Waals surface area contributed by atoms with Crippen LogP contribution in [0.5, 0.6) is 0 Å². The summed E-state index contributed by atoms with van der Waals surface area (Å²) in [6, 6.07) is 21.0. The molecule has 0 bridgehead atoms. The van der Waals surface area contributed by atoms with Crippen LogP contribution in [0, 0.1) is 11.6 Å². The minimum absolute atomic E-state index is 0.0492. The van der Waals surface area contributed by atoms with Gasteiger partial charge in [-0.25, -0.2) is 23.2 Å². The molecule has 4 aromatic carbocycles. The fourth-order valence-electron chi connectivity index (χ4n) is 5.41. The van der Waals surface area contributed by atoms with Crippen molar-refractivity contribution >= 4 is 38.5 Å². The first-order valence-electron chi connectivity index (χ1n) is 13.9. The van der Waals surface area contributed by atoms with E-state index in [1.807, 2.05) is 6.07 Å². The van der Waals surface area contributed by atoms with Gasteiger partial charge in [-0.15, -0.1) is 10.2 Å². The van der Waals surface area contributed by atoms with Crippen LogP contribution in [0.25, 0.3) is 10.8 Å². The highest BCUT2D eigenvalue weighted by atomic mass is 79.9. The van der Waals surface area contributed by atoms with Gasteiger partial charge in [-0.1, -0.05) is 62.8 Å². The first kappa shape index (κ1) is 28.6. The summed E-state index contributed by atoms with van der Waals surface area (Å²) in [7, 11) is 0. The molecule has 0 saturated carbocycles. The number of imide groups is 1. The average molecular weight is 669 g/mol. The molecular formula is C32H23BrF2N8O2. The molecule has 0 N–H and O–H groups in total. The maximum Gasteiger partial charge on any atom is 0.276 e. The molecule has 0 spiro atoms. The second-order valence-corrected chi connectivity index (χ2v) is 11.5. The van der Waals surface area contributed by atoms with Crippen LogP contribution < -0.4 is 0 Å².